The van der Waals surface area contributed by atoms with Crippen molar-refractivity contribution in [3.8, 4) is 5.75 Å². The van der Waals surface area contributed by atoms with Gasteiger partial charge in [0.05, 0.1) is 25.3 Å². The molecule has 1 saturated carbocycles. The number of aryl methyl sites for hydroxylation is 1. The molecule has 1 fully saturated rings. The average molecular weight is 461 g/mol. The van der Waals surface area contributed by atoms with E-state index in [1.165, 1.54) is 5.56 Å². The number of nitrogens with zero attached hydrogens (tertiary/aromatic N) is 1. The van der Waals surface area contributed by atoms with Crippen LogP contribution in [0.5, 0.6) is 5.75 Å². The Labute approximate surface area is 168 Å². The van der Waals surface area contributed by atoms with E-state index in [-0.39, 0.29) is 30.0 Å². The van der Waals surface area contributed by atoms with Crippen molar-refractivity contribution in [2.24, 2.45) is 4.99 Å². The number of guanidine groups is 1. The summed E-state index contributed by atoms with van der Waals surface area (Å²) in [5, 5.41) is 17.2. The van der Waals surface area contributed by atoms with Gasteiger partial charge in [-0.2, -0.15) is 0 Å². The van der Waals surface area contributed by atoms with Crippen LogP contribution in [0.2, 0.25) is 0 Å². The quantitative estimate of drug-likeness (QED) is 0.345. The van der Waals surface area contributed by atoms with Crippen LogP contribution in [0, 0.1) is 6.92 Å². The molecule has 1 aromatic carbocycles. The van der Waals surface area contributed by atoms with Crippen LogP contribution >= 0.6 is 24.0 Å². The zero-order valence-corrected chi connectivity index (χ0v) is 18.1. The van der Waals surface area contributed by atoms with Crippen molar-refractivity contribution in [1.82, 2.24) is 10.6 Å². The molecule has 0 radical (unpaired) electrons. The molecule has 6 heteroatoms. The van der Waals surface area contributed by atoms with Crippen molar-refractivity contribution < 1.29 is 9.84 Å². The smallest absolute Gasteiger partial charge is 0.191 e. The number of benzene rings is 1. The minimum Gasteiger partial charge on any atom is -0.496 e. The van der Waals surface area contributed by atoms with E-state index in [2.05, 4.69) is 35.5 Å². The maximum atomic E-state index is 10.5. The fourth-order valence-electron chi connectivity index (χ4n) is 3.21. The van der Waals surface area contributed by atoms with Crippen molar-refractivity contribution in [2.45, 2.75) is 58.1 Å². The third-order valence-electron chi connectivity index (χ3n) is 4.61. The van der Waals surface area contributed by atoms with Gasteiger partial charge in [0.25, 0.3) is 0 Å². The lowest BCUT2D eigenvalue weighted by atomic mass is 10.0. The topological polar surface area (TPSA) is 65.9 Å². The minimum atomic E-state index is -0.632. The summed E-state index contributed by atoms with van der Waals surface area (Å²) in [5.41, 5.74) is 1.66. The van der Waals surface area contributed by atoms with Gasteiger partial charge < -0.3 is 20.5 Å². The summed E-state index contributed by atoms with van der Waals surface area (Å²) < 4.78 is 5.48. The lowest BCUT2D eigenvalue weighted by molar-refractivity contribution is 0.0574. The lowest BCUT2D eigenvalue weighted by Gasteiger charge is -2.23. The molecule has 0 heterocycles. The summed E-state index contributed by atoms with van der Waals surface area (Å²) in [5.74, 6) is 1.60. The standard InChI is InChI=1S/C19H31N3O2.HI/c1-5-20-18(21-13-19(23)10-6-7-11-19)22-15(3)16-12-14(2)8-9-17(16)24-4;/h8-9,12,15,23H,5-7,10-11,13H2,1-4H3,(H2,20,21,22);1H. The third-order valence-corrected chi connectivity index (χ3v) is 4.61. The van der Waals surface area contributed by atoms with E-state index in [0.717, 1.165) is 49.5 Å². The number of ether oxygens (including phenoxy) is 1. The summed E-state index contributed by atoms with van der Waals surface area (Å²) in [6, 6.07) is 6.22. The monoisotopic (exact) mass is 461 g/mol. The van der Waals surface area contributed by atoms with Crippen LogP contribution in [-0.2, 0) is 0 Å². The zero-order chi connectivity index (χ0) is 17.6. The van der Waals surface area contributed by atoms with Crippen molar-refractivity contribution in [3.05, 3.63) is 29.3 Å². The summed E-state index contributed by atoms with van der Waals surface area (Å²) in [6.07, 6.45) is 3.87. The Morgan fingerprint density at radius 1 is 1.36 bits per heavy atom. The molecule has 1 atom stereocenters. The molecule has 1 unspecified atom stereocenters. The molecule has 0 aliphatic heterocycles. The number of aliphatic imine (C=N–C) groups is 1. The maximum absolute atomic E-state index is 10.5. The molecular weight excluding hydrogens is 429 g/mol. The Morgan fingerprint density at radius 2 is 2.04 bits per heavy atom. The van der Waals surface area contributed by atoms with Crippen LogP contribution < -0.4 is 15.4 Å². The Morgan fingerprint density at radius 3 is 2.64 bits per heavy atom. The number of rotatable bonds is 6. The van der Waals surface area contributed by atoms with E-state index in [4.69, 9.17) is 4.74 Å². The first-order valence-electron chi connectivity index (χ1n) is 8.89. The number of halogens is 1. The highest BCUT2D eigenvalue weighted by Crippen LogP contribution is 2.29. The summed E-state index contributed by atoms with van der Waals surface area (Å²) >= 11 is 0. The number of hydrogen-bond donors (Lipinski definition) is 3. The lowest BCUT2D eigenvalue weighted by Crippen LogP contribution is -2.40. The molecule has 2 rings (SSSR count). The molecule has 0 saturated heterocycles. The molecule has 0 bridgehead atoms. The number of aliphatic hydroxyl groups is 1. The second-order valence-corrected chi connectivity index (χ2v) is 6.74. The Hall–Kier alpha value is -1.02. The molecular formula is C19H32IN3O2. The number of nitrogens with one attached hydrogen (secondary N) is 2. The van der Waals surface area contributed by atoms with Gasteiger partial charge in [0.15, 0.2) is 5.96 Å². The van der Waals surface area contributed by atoms with Crippen molar-refractivity contribution in [2.75, 3.05) is 20.2 Å². The predicted molar refractivity (Wildman–Crippen MR) is 114 cm³/mol. The van der Waals surface area contributed by atoms with Gasteiger partial charge in [-0.25, -0.2) is 0 Å². The molecule has 0 aromatic heterocycles. The van der Waals surface area contributed by atoms with Gasteiger partial charge in [-0.05, 0) is 39.7 Å². The highest BCUT2D eigenvalue weighted by molar-refractivity contribution is 14.0. The fraction of sp³-hybridized carbons (Fsp3) is 0.632. The van der Waals surface area contributed by atoms with Gasteiger partial charge in [-0.3, -0.25) is 4.99 Å². The highest BCUT2D eigenvalue weighted by Gasteiger charge is 2.30. The molecule has 3 N–H and O–H groups in total. The predicted octanol–water partition coefficient (Wildman–Crippen LogP) is 3.54. The van der Waals surface area contributed by atoms with Gasteiger partial charge in [-0.1, -0.05) is 30.5 Å². The van der Waals surface area contributed by atoms with Crippen LogP contribution in [0.25, 0.3) is 0 Å². The van der Waals surface area contributed by atoms with E-state index in [1.54, 1.807) is 7.11 Å². The molecule has 1 aliphatic carbocycles. The molecule has 1 aliphatic rings. The molecule has 5 nitrogen and oxygen atoms in total. The van der Waals surface area contributed by atoms with Gasteiger partial charge in [0.1, 0.15) is 5.75 Å². The van der Waals surface area contributed by atoms with Crippen LogP contribution in [0.1, 0.15) is 56.7 Å². The van der Waals surface area contributed by atoms with Crippen molar-refractivity contribution >= 4 is 29.9 Å². The van der Waals surface area contributed by atoms with E-state index in [0.29, 0.717) is 6.54 Å². The average Bonchev–Trinajstić information content (AvgIpc) is 3.00. The largest absolute Gasteiger partial charge is 0.496 e. The number of methoxy groups -OCH3 is 1. The van der Waals surface area contributed by atoms with Crippen LogP contribution in [0.4, 0.5) is 0 Å². The minimum absolute atomic E-state index is 0. The van der Waals surface area contributed by atoms with E-state index in [1.807, 2.05) is 19.1 Å². The SMILES string of the molecule is CCNC(=NCC1(O)CCCC1)NC(C)c1cc(C)ccc1OC.I. The molecule has 1 aromatic rings. The Kier molecular flexibility index (Phi) is 8.99. The van der Waals surface area contributed by atoms with Crippen molar-refractivity contribution in [1.29, 1.82) is 0 Å². The van der Waals surface area contributed by atoms with E-state index >= 15 is 0 Å². The first-order valence-corrected chi connectivity index (χ1v) is 8.89. The van der Waals surface area contributed by atoms with Gasteiger partial charge in [-0.15, -0.1) is 24.0 Å². The zero-order valence-electron chi connectivity index (χ0n) is 15.8. The van der Waals surface area contributed by atoms with Crippen LogP contribution in [-0.4, -0.2) is 36.9 Å². The highest BCUT2D eigenvalue weighted by atomic mass is 127. The number of hydrogen-bond acceptors (Lipinski definition) is 3. The molecule has 142 valence electrons. The molecule has 0 spiro atoms. The van der Waals surface area contributed by atoms with Gasteiger partial charge in [0, 0.05) is 12.1 Å². The molecule has 0 amide bonds. The second-order valence-electron chi connectivity index (χ2n) is 6.74. The fourth-order valence-corrected chi connectivity index (χ4v) is 3.21. The summed E-state index contributed by atoms with van der Waals surface area (Å²) in [7, 11) is 1.69. The van der Waals surface area contributed by atoms with Crippen molar-refractivity contribution in [3.63, 3.8) is 0 Å². The van der Waals surface area contributed by atoms with E-state index < -0.39 is 5.60 Å². The molecule has 25 heavy (non-hydrogen) atoms. The van der Waals surface area contributed by atoms with E-state index in [9.17, 15) is 5.11 Å². The Balaban J connectivity index is 0.00000312. The van der Waals surface area contributed by atoms with Crippen LogP contribution in [0.3, 0.4) is 0 Å². The van der Waals surface area contributed by atoms with Gasteiger partial charge in [0.2, 0.25) is 0 Å². The van der Waals surface area contributed by atoms with Gasteiger partial charge >= 0.3 is 0 Å². The first-order chi connectivity index (χ1) is 11.5. The second kappa shape index (κ2) is 10.2. The summed E-state index contributed by atoms with van der Waals surface area (Å²) in [4.78, 5) is 4.61. The third kappa shape index (κ3) is 6.33. The summed E-state index contributed by atoms with van der Waals surface area (Å²) in [6.45, 7) is 7.43. The van der Waals surface area contributed by atoms with Crippen LogP contribution in [0.15, 0.2) is 23.2 Å². The normalized spacial score (nSPS) is 17.6. The Bertz CT molecular complexity index is 572. The maximum Gasteiger partial charge on any atom is 0.191 e. The first kappa shape index (κ1) is 22.0.